The zero-order chi connectivity index (χ0) is 13.4. The molecule has 0 radical (unpaired) electrons. The molecule has 19 heavy (non-hydrogen) atoms. The molecule has 0 aliphatic carbocycles. The fourth-order valence-corrected chi connectivity index (χ4v) is 2.92. The fourth-order valence-electron chi connectivity index (χ4n) is 1.91. The summed E-state index contributed by atoms with van der Waals surface area (Å²) in [5, 5.41) is 0.924. The lowest BCUT2D eigenvalue weighted by Crippen LogP contribution is -2.03. The number of carbonyl (C=O) groups excluding carboxylic acids is 1. The highest BCUT2D eigenvalue weighted by Crippen LogP contribution is 2.28. The molecule has 1 aromatic heterocycles. The molecule has 0 bridgehead atoms. The van der Waals surface area contributed by atoms with Crippen LogP contribution in [0.2, 0.25) is 0 Å². The van der Waals surface area contributed by atoms with Crippen molar-refractivity contribution in [2.75, 3.05) is 0 Å². The smallest absolute Gasteiger partial charge is 0.206 e. The zero-order valence-electron chi connectivity index (χ0n) is 9.69. The lowest BCUT2D eigenvalue weighted by Gasteiger charge is -2.00. The molecule has 1 heterocycles. The molecule has 94 valence electrons. The van der Waals surface area contributed by atoms with Gasteiger partial charge in [-0.2, -0.15) is 0 Å². The monoisotopic (exact) mass is 274 g/mol. The average Bonchev–Trinajstić information content (AvgIpc) is 2.85. The lowest BCUT2D eigenvalue weighted by molar-refractivity contribution is 0.103. The Labute approximate surface area is 112 Å². The van der Waals surface area contributed by atoms with Crippen molar-refractivity contribution in [1.82, 2.24) is 0 Å². The van der Waals surface area contributed by atoms with Gasteiger partial charge in [-0.25, -0.2) is 8.78 Å². The molecular formula is C15H8F2OS. The Hall–Kier alpha value is -2.07. The van der Waals surface area contributed by atoms with E-state index in [4.69, 9.17) is 0 Å². The lowest BCUT2D eigenvalue weighted by atomic mass is 10.1. The van der Waals surface area contributed by atoms with Gasteiger partial charge in [0.1, 0.15) is 0 Å². The Bertz CT molecular complexity index is 744. The van der Waals surface area contributed by atoms with Gasteiger partial charge in [0.05, 0.1) is 10.4 Å². The summed E-state index contributed by atoms with van der Waals surface area (Å²) in [5.41, 5.74) is -0.230. The highest BCUT2D eigenvalue weighted by Gasteiger charge is 2.18. The van der Waals surface area contributed by atoms with Crippen molar-refractivity contribution in [3.05, 3.63) is 70.6 Å². The summed E-state index contributed by atoms with van der Waals surface area (Å²) in [7, 11) is 0. The molecule has 0 spiro atoms. The van der Waals surface area contributed by atoms with E-state index in [1.54, 1.807) is 6.07 Å². The highest BCUT2D eigenvalue weighted by atomic mass is 32.1. The summed E-state index contributed by atoms with van der Waals surface area (Å²) in [6, 6.07) is 12.8. The van der Waals surface area contributed by atoms with E-state index in [-0.39, 0.29) is 5.56 Å². The number of hydrogen-bond donors (Lipinski definition) is 0. The van der Waals surface area contributed by atoms with E-state index in [9.17, 15) is 13.6 Å². The summed E-state index contributed by atoms with van der Waals surface area (Å²) >= 11 is 1.28. The van der Waals surface area contributed by atoms with Gasteiger partial charge < -0.3 is 0 Å². The fraction of sp³-hybridized carbons (Fsp3) is 0. The zero-order valence-corrected chi connectivity index (χ0v) is 10.5. The Balaban J connectivity index is 2.11. The third-order valence-corrected chi connectivity index (χ3v) is 3.96. The van der Waals surface area contributed by atoms with Crippen LogP contribution in [-0.2, 0) is 0 Å². The molecule has 2 aromatic carbocycles. The number of carbonyl (C=O) groups is 1. The van der Waals surface area contributed by atoms with Crippen molar-refractivity contribution in [2.45, 2.75) is 0 Å². The first-order valence-electron chi connectivity index (χ1n) is 5.64. The molecule has 0 aliphatic heterocycles. The van der Waals surface area contributed by atoms with Crippen molar-refractivity contribution in [1.29, 1.82) is 0 Å². The van der Waals surface area contributed by atoms with Gasteiger partial charge in [-0.1, -0.05) is 24.3 Å². The van der Waals surface area contributed by atoms with Crippen LogP contribution in [0.1, 0.15) is 15.2 Å². The minimum atomic E-state index is -1.09. The highest BCUT2D eigenvalue weighted by molar-refractivity contribution is 7.21. The number of halogens is 2. The van der Waals surface area contributed by atoms with Gasteiger partial charge in [-0.3, -0.25) is 4.79 Å². The molecular weight excluding hydrogens is 266 g/mol. The summed E-state index contributed by atoms with van der Waals surface area (Å²) < 4.78 is 27.7. The van der Waals surface area contributed by atoms with Crippen LogP contribution in [-0.4, -0.2) is 5.78 Å². The summed E-state index contributed by atoms with van der Waals surface area (Å²) in [5.74, 6) is -2.59. The number of rotatable bonds is 2. The van der Waals surface area contributed by atoms with Gasteiger partial charge in [-0.05, 0) is 29.7 Å². The van der Waals surface area contributed by atoms with Crippen molar-refractivity contribution in [3.8, 4) is 0 Å². The number of thiophene rings is 1. The second-order valence-electron chi connectivity index (χ2n) is 4.08. The molecule has 1 nitrogen and oxygen atoms in total. The molecule has 0 fully saturated rings. The third-order valence-electron chi connectivity index (χ3n) is 2.85. The average molecular weight is 274 g/mol. The Morgan fingerprint density at radius 1 is 1.00 bits per heavy atom. The first kappa shape index (κ1) is 12.0. The maximum atomic E-state index is 13.6. The number of benzene rings is 2. The Morgan fingerprint density at radius 3 is 2.58 bits per heavy atom. The number of hydrogen-bond acceptors (Lipinski definition) is 2. The second-order valence-corrected chi connectivity index (χ2v) is 5.16. The molecule has 0 saturated heterocycles. The maximum absolute atomic E-state index is 13.6. The third kappa shape index (κ3) is 2.04. The summed E-state index contributed by atoms with van der Waals surface area (Å²) in [6.07, 6.45) is 0. The molecule has 0 amide bonds. The normalized spacial score (nSPS) is 10.8. The topological polar surface area (TPSA) is 17.1 Å². The van der Waals surface area contributed by atoms with Crippen LogP contribution in [0.5, 0.6) is 0 Å². The molecule has 3 aromatic rings. The van der Waals surface area contributed by atoms with Crippen molar-refractivity contribution >= 4 is 27.2 Å². The van der Waals surface area contributed by atoms with E-state index in [2.05, 4.69) is 0 Å². The molecule has 0 aliphatic rings. The van der Waals surface area contributed by atoms with E-state index in [0.717, 1.165) is 16.2 Å². The maximum Gasteiger partial charge on any atom is 0.206 e. The van der Waals surface area contributed by atoms with Crippen LogP contribution in [0.25, 0.3) is 10.1 Å². The van der Waals surface area contributed by atoms with Gasteiger partial charge in [-0.15, -0.1) is 11.3 Å². The quantitative estimate of drug-likeness (QED) is 0.633. The molecule has 3 rings (SSSR count). The molecule has 4 heteroatoms. The van der Waals surface area contributed by atoms with Crippen LogP contribution in [0.3, 0.4) is 0 Å². The largest absolute Gasteiger partial charge is 0.288 e. The van der Waals surface area contributed by atoms with Gasteiger partial charge in [0.15, 0.2) is 11.6 Å². The molecule has 0 unspecified atom stereocenters. The first-order chi connectivity index (χ1) is 9.16. The van der Waals surface area contributed by atoms with Crippen LogP contribution >= 0.6 is 11.3 Å². The van der Waals surface area contributed by atoms with E-state index in [0.29, 0.717) is 4.88 Å². The van der Waals surface area contributed by atoms with Crippen molar-refractivity contribution < 1.29 is 13.6 Å². The summed E-state index contributed by atoms with van der Waals surface area (Å²) in [4.78, 5) is 12.6. The predicted molar refractivity (Wildman–Crippen MR) is 71.6 cm³/mol. The molecule has 0 N–H and O–H groups in total. The van der Waals surface area contributed by atoms with Crippen LogP contribution in [0.4, 0.5) is 8.78 Å². The second kappa shape index (κ2) is 4.55. The number of ketones is 1. The van der Waals surface area contributed by atoms with Crippen molar-refractivity contribution in [3.63, 3.8) is 0 Å². The van der Waals surface area contributed by atoms with E-state index in [1.807, 2.05) is 24.3 Å². The summed E-state index contributed by atoms with van der Waals surface area (Å²) in [6.45, 7) is 0. The van der Waals surface area contributed by atoms with E-state index < -0.39 is 17.4 Å². The Kier molecular flexibility index (Phi) is 2.87. The SMILES string of the molecule is O=C(c1cc2ccccc2s1)c1cccc(F)c1F. The molecule has 0 saturated carbocycles. The molecule has 0 atom stereocenters. The van der Waals surface area contributed by atoms with Crippen LogP contribution in [0, 0.1) is 11.6 Å². The standard InChI is InChI=1S/C15H8F2OS/c16-11-6-3-5-10(14(11)17)15(18)13-8-9-4-1-2-7-12(9)19-13/h1-8H. The number of fused-ring (bicyclic) bond motifs is 1. The minimum absolute atomic E-state index is 0.230. The first-order valence-corrected chi connectivity index (χ1v) is 6.46. The van der Waals surface area contributed by atoms with Gasteiger partial charge in [0.2, 0.25) is 5.78 Å². The van der Waals surface area contributed by atoms with Crippen molar-refractivity contribution in [2.24, 2.45) is 0 Å². The van der Waals surface area contributed by atoms with Gasteiger partial charge in [0, 0.05) is 4.70 Å². The van der Waals surface area contributed by atoms with Crippen LogP contribution in [0.15, 0.2) is 48.5 Å². The predicted octanol–water partition coefficient (Wildman–Crippen LogP) is 4.41. The minimum Gasteiger partial charge on any atom is -0.288 e. The van der Waals surface area contributed by atoms with Gasteiger partial charge >= 0.3 is 0 Å². The van der Waals surface area contributed by atoms with Gasteiger partial charge in [0.25, 0.3) is 0 Å². The van der Waals surface area contributed by atoms with E-state index in [1.165, 1.54) is 23.5 Å². The van der Waals surface area contributed by atoms with Crippen LogP contribution < -0.4 is 0 Å². The van der Waals surface area contributed by atoms with E-state index >= 15 is 0 Å². The Morgan fingerprint density at radius 2 is 1.79 bits per heavy atom.